The van der Waals surface area contributed by atoms with Gasteiger partial charge in [-0.2, -0.15) is 0 Å². The van der Waals surface area contributed by atoms with Crippen LogP contribution in [-0.2, 0) is 9.53 Å². The predicted octanol–water partition coefficient (Wildman–Crippen LogP) is 3.87. The Morgan fingerprint density at radius 3 is 2.60 bits per heavy atom. The van der Waals surface area contributed by atoms with Crippen LogP contribution in [0.1, 0.15) is 26.3 Å². The molecule has 0 aromatic heterocycles. The lowest BCUT2D eigenvalue weighted by molar-refractivity contribution is -0.157. The summed E-state index contributed by atoms with van der Waals surface area (Å²) in [5, 5.41) is 2.10. The predicted molar refractivity (Wildman–Crippen MR) is 80.0 cm³/mol. The van der Waals surface area contributed by atoms with Crippen LogP contribution in [0.4, 0.5) is 0 Å². The van der Waals surface area contributed by atoms with Crippen LogP contribution in [0.3, 0.4) is 0 Å². The van der Waals surface area contributed by atoms with Gasteiger partial charge in [0.15, 0.2) is 6.61 Å². The fourth-order valence-corrected chi connectivity index (χ4v) is 1.99. The van der Waals surface area contributed by atoms with Crippen LogP contribution in [0.2, 0.25) is 0 Å². The molecule has 0 saturated heterocycles. The standard InChI is InChI=1S/C17H20O3/c1-12-8-9-13-6-5-7-15(14(13)10-12)19-11-16(18)20-17(2,3)4/h5-10H,11H2,1-4H3. The van der Waals surface area contributed by atoms with Crippen molar-refractivity contribution in [1.29, 1.82) is 0 Å². The van der Waals surface area contributed by atoms with Crippen LogP contribution in [0, 0.1) is 6.92 Å². The fraction of sp³-hybridized carbons (Fsp3) is 0.353. The maximum atomic E-state index is 11.7. The maximum Gasteiger partial charge on any atom is 0.344 e. The number of carbonyl (C=O) groups is 1. The van der Waals surface area contributed by atoms with Crippen molar-refractivity contribution >= 4 is 16.7 Å². The molecular weight excluding hydrogens is 252 g/mol. The molecule has 0 heterocycles. The van der Waals surface area contributed by atoms with E-state index in [-0.39, 0.29) is 12.6 Å². The normalized spacial score (nSPS) is 11.4. The van der Waals surface area contributed by atoms with Gasteiger partial charge in [-0.3, -0.25) is 0 Å². The lowest BCUT2D eigenvalue weighted by Crippen LogP contribution is -2.27. The molecule has 0 atom stereocenters. The second kappa shape index (κ2) is 5.53. The first-order chi connectivity index (χ1) is 9.35. The van der Waals surface area contributed by atoms with E-state index in [1.807, 2.05) is 52.0 Å². The van der Waals surface area contributed by atoms with Crippen molar-refractivity contribution in [2.75, 3.05) is 6.61 Å². The summed E-state index contributed by atoms with van der Waals surface area (Å²) in [4.78, 5) is 11.7. The first-order valence-electron chi connectivity index (χ1n) is 6.69. The topological polar surface area (TPSA) is 35.5 Å². The monoisotopic (exact) mass is 272 g/mol. The summed E-state index contributed by atoms with van der Waals surface area (Å²) < 4.78 is 10.8. The minimum atomic E-state index is -0.490. The molecular formula is C17H20O3. The second-order valence-corrected chi connectivity index (χ2v) is 5.86. The molecule has 0 unspecified atom stereocenters. The highest BCUT2D eigenvalue weighted by Gasteiger charge is 2.16. The number of carbonyl (C=O) groups excluding carboxylic acids is 1. The third kappa shape index (κ3) is 3.73. The molecule has 0 aliphatic carbocycles. The van der Waals surface area contributed by atoms with E-state index < -0.39 is 5.60 Å². The summed E-state index contributed by atoms with van der Waals surface area (Å²) in [5.41, 5.74) is 0.668. The molecule has 0 fully saturated rings. The van der Waals surface area contributed by atoms with Crippen LogP contribution in [-0.4, -0.2) is 18.2 Å². The summed E-state index contributed by atoms with van der Waals surface area (Å²) in [6.45, 7) is 7.47. The molecule has 0 spiro atoms. The number of rotatable bonds is 3. The van der Waals surface area contributed by atoms with Gasteiger partial charge in [0.25, 0.3) is 0 Å². The molecule has 106 valence electrons. The molecule has 20 heavy (non-hydrogen) atoms. The fourth-order valence-electron chi connectivity index (χ4n) is 1.99. The third-order valence-corrected chi connectivity index (χ3v) is 2.76. The summed E-state index contributed by atoms with van der Waals surface area (Å²) in [6, 6.07) is 12.0. The van der Waals surface area contributed by atoms with Gasteiger partial charge >= 0.3 is 5.97 Å². The molecule has 0 bridgehead atoms. The minimum Gasteiger partial charge on any atom is -0.481 e. The van der Waals surface area contributed by atoms with E-state index in [0.717, 1.165) is 16.3 Å². The summed E-state index contributed by atoms with van der Waals surface area (Å²) in [7, 11) is 0. The Morgan fingerprint density at radius 1 is 1.15 bits per heavy atom. The molecule has 0 radical (unpaired) electrons. The minimum absolute atomic E-state index is 0.0790. The zero-order valence-corrected chi connectivity index (χ0v) is 12.4. The van der Waals surface area contributed by atoms with Gasteiger partial charge in [-0.1, -0.05) is 29.8 Å². The zero-order chi connectivity index (χ0) is 14.8. The van der Waals surface area contributed by atoms with Crippen LogP contribution < -0.4 is 4.74 Å². The number of ether oxygens (including phenoxy) is 2. The van der Waals surface area contributed by atoms with E-state index in [9.17, 15) is 4.79 Å². The van der Waals surface area contributed by atoms with E-state index in [4.69, 9.17) is 9.47 Å². The van der Waals surface area contributed by atoms with Crippen LogP contribution in [0.5, 0.6) is 5.75 Å². The van der Waals surface area contributed by atoms with E-state index in [1.165, 1.54) is 0 Å². The van der Waals surface area contributed by atoms with Crippen LogP contribution in [0.15, 0.2) is 36.4 Å². The Balaban J connectivity index is 2.14. The largest absolute Gasteiger partial charge is 0.481 e. The van der Waals surface area contributed by atoms with Crippen molar-refractivity contribution in [1.82, 2.24) is 0 Å². The van der Waals surface area contributed by atoms with Gasteiger partial charge < -0.3 is 9.47 Å². The Morgan fingerprint density at radius 2 is 1.90 bits per heavy atom. The first kappa shape index (κ1) is 14.4. The highest BCUT2D eigenvalue weighted by Crippen LogP contribution is 2.26. The number of hydrogen-bond donors (Lipinski definition) is 0. The number of aryl methyl sites for hydroxylation is 1. The summed E-state index contributed by atoms with van der Waals surface area (Å²) in [5.74, 6) is 0.346. The maximum absolute atomic E-state index is 11.7. The van der Waals surface area contributed by atoms with E-state index in [1.54, 1.807) is 0 Å². The van der Waals surface area contributed by atoms with Gasteiger partial charge in [0.2, 0.25) is 0 Å². The molecule has 2 aromatic carbocycles. The average Bonchev–Trinajstić information content (AvgIpc) is 2.34. The van der Waals surface area contributed by atoms with Crippen molar-refractivity contribution in [2.24, 2.45) is 0 Å². The molecule has 0 N–H and O–H groups in total. The molecule has 0 amide bonds. The highest BCUT2D eigenvalue weighted by atomic mass is 16.6. The summed E-state index contributed by atoms with van der Waals surface area (Å²) >= 11 is 0. The second-order valence-electron chi connectivity index (χ2n) is 5.86. The average molecular weight is 272 g/mol. The third-order valence-electron chi connectivity index (χ3n) is 2.76. The van der Waals surface area contributed by atoms with Crippen molar-refractivity contribution in [3.05, 3.63) is 42.0 Å². The Labute approximate surface area is 119 Å². The number of benzene rings is 2. The Bertz CT molecular complexity index is 624. The lowest BCUT2D eigenvalue weighted by Gasteiger charge is -2.19. The van der Waals surface area contributed by atoms with Crippen molar-refractivity contribution in [2.45, 2.75) is 33.3 Å². The number of hydrogen-bond acceptors (Lipinski definition) is 3. The zero-order valence-electron chi connectivity index (χ0n) is 12.4. The Kier molecular flexibility index (Phi) is 3.98. The SMILES string of the molecule is Cc1ccc2cccc(OCC(=O)OC(C)(C)C)c2c1. The number of esters is 1. The van der Waals surface area contributed by atoms with E-state index in [2.05, 4.69) is 12.1 Å². The molecule has 0 saturated carbocycles. The van der Waals surface area contributed by atoms with Gasteiger partial charge in [-0.05, 0) is 45.2 Å². The molecule has 3 nitrogen and oxygen atoms in total. The lowest BCUT2D eigenvalue weighted by atomic mass is 10.1. The highest BCUT2D eigenvalue weighted by molar-refractivity contribution is 5.89. The van der Waals surface area contributed by atoms with E-state index in [0.29, 0.717) is 5.75 Å². The molecule has 2 rings (SSSR count). The molecule has 3 heteroatoms. The Hall–Kier alpha value is -2.03. The first-order valence-corrected chi connectivity index (χ1v) is 6.69. The molecule has 2 aromatic rings. The van der Waals surface area contributed by atoms with Crippen molar-refractivity contribution in [3.63, 3.8) is 0 Å². The van der Waals surface area contributed by atoms with E-state index >= 15 is 0 Å². The van der Waals surface area contributed by atoms with Gasteiger partial charge in [0.1, 0.15) is 11.4 Å². The van der Waals surface area contributed by atoms with Crippen molar-refractivity contribution in [3.8, 4) is 5.75 Å². The summed E-state index contributed by atoms with van der Waals surface area (Å²) in [6.07, 6.45) is 0. The van der Waals surface area contributed by atoms with Gasteiger partial charge in [0.05, 0.1) is 0 Å². The smallest absolute Gasteiger partial charge is 0.344 e. The molecule has 0 aliphatic heterocycles. The number of fused-ring (bicyclic) bond motifs is 1. The van der Waals surface area contributed by atoms with Crippen LogP contribution in [0.25, 0.3) is 10.8 Å². The quantitative estimate of drug-likeness (QED) is 0.796. The van der Waals surface area contributed by atoms with Gasteiger partial charge in [-0.25, -0.2) is 4.79 Å². The van der Waals surface area contributed by atoms with Crippen molar-refractivity contribution < 1.29 is 14.3 Å². The van der Waals surface area contributed by atoms with Gasteiger partial charge in [-0.15, -0.1) is 0 Å². The van der Waals surface area contributed by atoms with Gasteiger partial charge in [0, 0.05) is 5.39 Å². The van der Waals surface area contributed by atoms with Crippen LogP contribution >= 0.6 is 0 Å². The molecule has 0 aliphatic rings.